The second kappa shape index (κ2) is 8.78. The summed E-state index contributed by atoms with van der Waals surface area (Å²) >= 11 is 0. The molecule has 2 N–H and O–H groups in total. The molecule has 0 spiro atoms. The molecule has 3 amide bonds. The number of anilines is 1. The zero-order chi connectivity index (χ0) is 20.1. The second-order valence-corrected chi connectivity index (χ2v) is 6.95. The number of ether oxygens (including phenoxy) is 1. The lowest BCUT2D eigenvalue weighted by Crippen LogP contribution is -2.34. The van der Waals surface area contributed by atoms with E-state index in [1.807, 2.05) is 49.1 Å². The summed E-state index contributed by atoms with van der Waals surface area (Å²) in [5.41, 5.74) is 3.18. The van der Waals surface area contributed by atoms with Gasteiger partial charge in [-0.15, -0.1) is 0 Å². The smallest absolute Gasteiger partial charge is 0.322 e. The molecule has 0 aliphatic carbocycles. The number of hydrogen-bond donors (Lipinski definition) is 2. The Morgan fingerprint density at radius 3 is 2.79 bits per heavy atom. The van der Waals surface area contributed by atoms with Crippen LogP contribution in [0.4, 0.5) is 10.5 Å². The van der Waals surface area contributed by atoms with Gasteiger partial charge in [0, 0.05) is 24.3 Å². The second-order valence-electron chi connectivity index (χ2n) is 6.95. The SMILES string of the molecule is CCNC(=O)c1ccc(C)c(NC(=O)N2CCCC2c2cccc(OC)c2)c1. The van der Waals surface area contributed by atoms with E-state index in [4.69, 9.17) is 4.74 Å². The third-order valence-electron chi connectivity index (χ3n) is 5.07. The van der Waals surface area contributed by atoms with E-state index in [-0.39, 0.29) is 18.0 Å². The Bertz CT molecular complexity index is 866. The van der Waals surface area contributed by atoms with E-state index in [9.17, 15) is 9.59 Å². The summed E-state index contributed by atoms with van der Waals surface area (Å²) in [6.45, 7) is 5.05. The number of rotatable bonds is 5. The summed E-state index contributed by atoms with van der Waals surface area (Å²) in [5, 5.41) is 5.78. The molecule has 148 valence electrons. The van der Waals surface area contributed by atoms with Crippen molar-refractivity contribution in [2.75, 3.05) is 25.5 Å². The summed E-state index contributed by atoms with van der Waals surface area (Å²) in [5.74, 6) is 0.642. The van der Waals surface area contributed by atoms with E-state index in [1.165, 1.54) is 0 Å². The monoisotopic (exact) mass is 381 g/mol. The van der Waals surface area contributed by atoms with Gasteiger partial charge in [-0.1, -0.05) is 18.2 Å². The first-order valence-electron chi connectivity index (χ1n) is 9.64. The molecule has 2 aromatic carbocycles. The van der Waals surface area contributed by atoms with Crippen molar-refractivity contribution >= 4 is 17.6 Å². The van der Waals surface area contributed by atoms with Crippen molar-refractivity contribution in [1.82, 2.24) is 10.2 Å². The highest BCUT2D eigenvalue weighted by Gasteiger charge is 2.30. The highest BCUT2D eigenvalue weighted by Crippen LogP contribution is 2.34. The van der Waals surface area contributed by atoms with Gasteiger partial charge in [0.05, 0.1) is 13.2 Å². The molecular formula is C22H27N3O3. The summed E-state index contributed by atoms with van der Waals surface area (Å²) in [6.07, 6.45) is 1.87. The number of likely N-dealkylation sites (tertiary alicyclic amines) is 1. The molecule has 1 aliphatic rings. The van der Waals surface area contributed by atoms with Crippen LogP contribution in [0.2, 0.25) is 0 Å². The zero-order valence-electron chi connectivity index (χ0n) is 16.6. The molecule has 6 nitrogen and oxygen atoms in total. The minimum atomic E-state index is -0.151. The highest BCUT2D eigenvalue weighted by atomic mass is 16.5. The van der Waals surface area contributed by atoms with Crippen LogP contribution in [-0.4, -0.2) is 37.0 Å². The molecule has 0 bridgehead atoms. The third kappa shape index (κ3) is 4.27. The summed E-state index contributed by atoms with van der Waals surface area (Å²) in [7, 11) is 1.64. The van der Waals surface area contributed by atoms with E-state index in [2.05, 4.69) is 10.6 Å². The predicted molar refractivity (Wildman–Crippen MR) is 110 cm³/mol. The maximum Gasteiger partial charge on any atom is 0.322 e. The topological polar surface area (TPSA) is 70.7 Å². The number of urea groups is 1. The van der Waals surface area contributed by atoms with Gasteiger partial charge in [-0.05, 0) is 62.1 Å². The van der Waals surface area contributed by atoms with Gasteiger partial charge in [-0.2, -0.15) is 0 Å². The fraction of sp³-hybridized carbons (Fsp3) is 0.364. The van der Waals surface area contributed by atoms with Gasteiger partial charge in [0.15, 0.2) is 0 Å². The van der Waals surface area contributed by atoms with Crippen molar-refractivity contribution < 1.29 is 14.3 Å². The summed E-state index contributed by atoms with van der Waals surface area (Å²) in [4.78, 5) is 27.0. The minimum Gasteiger partial charge on any atom is -0.497 e. The van der Waals surface area contributed by atoms with Crippen molar-refractivity contribution in [3.63, 3.8) is 0 Å². The largest absolute Gasteiger partial charge is 0.497 e. The number of amides is 3. The molecule has 1 heterocycles. The maximum absolute atomic E-state index is 13.0. The van der Waals surface area contributed by atoms with Gasteiger partial charge < -0.3 is 20.3 Å². The number of aryl methyl sites for hydroxylation is 1. The van der Waals surface area contributed by atoms with Crippen molar-refractivity contribution in [1.29, 1.82) is 0 Å². The first-order valence-corrected chi connectivity index (χ1v) is 9.64. The minimum absolute atomic E-state index is 0.0157. The van der Waals surface area contributed by atoms with E-state index in [0.29, 0.717) is 24.3 Å². The molecule has 3 rings (SSSR count). The Balaban J connectivity index is 1.78. The average Bonchev–Trinajstić information content (AvgIpc) is 3.20. The van der Waals surface area contributed by atoms with Crippen LogP contribution in [0.15, 0.2) is 42.5 Å². The van der Waals surface area contributed by atoms with Gasteiger partial charge in [0.2, 0.25) is 0 Å². The molecule has 0 radical (unpaired) electrons. The van der Waals surface area contributed by atoms with Crippen LogP contribution >= 0.6 is 0 Å². The maximum atomic E-state index is 13.0. The normalized spacial score (nSPS) is 16.0. The van der Waals surface area contributed by atoms with Crippen LogP contribution < -0.4 is 15.4 Å². The van der Waals surface area contributed by atoms with Crippen molar-refractivity contribution in [2.24, 2.45) is 0 Å². The average molecular weight is 381 g/mol. The number of carbonyl (C=O) groups is 2. The molecule has 1 unspecified atom stereocenters. The molecule has 1 fully saturated rings. The number of benzene rings is 2. The standard InChI is InChI=1S/C22H27N3O3/c1-4-23-21(26)17-11-10-15(2)19(14-17)24-22(27)25-12-6-9-20(25)16-7-5-8-18(13-16)28-3/h5,7-8,10-11,13-14,20H,4,6,9,12H2,1-3H3,(H,23,26)(H,24,27). The van der Waals surface area contributed by atoms with E-state index in [0.717, 1.165) is 29.7 Å². The molecule has 28 heavy (non-hydrogen) atoms. The molecule has 2 aromatic rings. The van der Waals surface area contributed by atoms with Crippen molar-refractivity contribution in [3.05, 3.63) is 59.2 Å². The Morgan fingerprint density at radius 2 is 2.04 bits per heavy atom. The van der Waals surface area contributed by atoms with Crippen molar-refractivity contribution in [3.8, 4) is 5.75 Å². The van der Waals surface area contributed by atoms with Crippen LogP contribution in [0, 0.1) is 6.92 Å². The van der Waals surface area contributed by atoms with E-state index in [1.54, 1.807) is 19.2 Å². The Hall–Kier alpha value is -3.02. The number of methoxy groups -OCH3 is 1. The number of nitrogens with one attached hydrogen (secondary N) is 2. The van der Waals surface area contributed by atoms with Crippen LogP contribution in [0.1, 0.15) is 47.3 Å². The zero-order valence-corrected chi connectivity index (χ0v) is 16.6. The third-order valence-corrected chi connectivity index (χ3v) is 5.07. The number of carbonyl (C=O) groups excluding carboxylic acids is 2. The summed E-state index contributed by atoms with van der Waals surface area (Å²) < 4.78 is 5.32. The molecule has 0 saturated carbocycles. The lowest BCUT2D eigenvalue weighted by Gasteiger charge is -2.26. The van der Waals surface area contributed by atoms with Gasteiger partial charge in [0.25, 0.3) is 5.91 Å². The summed E-state index contributed by atoms with van der Waals surface area (Å²) in [6, 6.07) is 13.1. The quantitative estimate of drug-likeness (QED) is 0.818. The predicted octanol–water partition coefficient (Wildman–Crippen LogP) is 4.12. The van der Waals surface area contributed by atoms with Crippen LogP contribution in [0.3, 0.4) is 0 Å². The first kappa shape index (κ1) is 19.7. The number of nitrogens with zero attached hydrogens (tertiary/aromatic N) is 1. The van der Waals surface area contributed by atoms with Gasteiger partial charge in [-0.3, -0.25) is 4.79 Å². The van der Waals surface area contributed by atoms with Crippen LogP contribution in [0.25, 0.3) is 0 Å². The van der Waals surface area contributed by atoms with Gasteiger partial charge >= 0.3 is 6.03 Å². The van der Waals surface area contributed by atoms with Gasteiger partial charge in [0.1, 0.15) is 5.75 Å². The van der Waals surface area contributed by atoms with Crippen molar-refractivity contribution in [2.45, 2.75) is 32.7 Å². The fourth-order valence-corrected chi connectivity index (χ4v) is 3.55. The molecule has 1 saturated heterocycles. The molecular weight excluding hydrogens is 354 g/mol. The first-order chi connectivity index (χ1) is 13.5. The molecule has 1 aliphatic heterocycles. The fourth-order valence-electron chi connectivity index (χ4n) is 3.55. The Morgan fingerprint density at radius 1 is 1.21 bits per heavy atom. The Kier molecular flexibility index (Phi) is 6.19. The van der Waals surface area contributed by atoms with Gasteiger partial charge in [-0.25, -0.2) is 4.79 Å². The lowest BCUT2D eigenvalue weighted by molar-refractivity contribution is 0.0956. The molecule has 0 aromatic heterocycles. The lowest BCUT2D eigenvalue weighted by atomic mass is 10.0. The highest BCUT2D eigenvalue weighted by molar-refractivity contribution is 5.97. The van der Waals surface area contributed by atoms with E-state index < -0.39 is 0 Å². The Labute approximate surface area is 165 Å². The molecule has 6 heteroatoms. The molecule has 1 atom stereocenters. The van der Waals surface area contributed by atoms with E-state index >= 15 is 0 Å². The van der Waals surface area contributed by atoms with Crippen LogP contribution in [0.5, 0.6) is 5.75 Å². The number of hydrogen-bond acceptors (Lipinski definition) is 3. The van der Waals surface area contributed by atoms with Crippen LogP contribution in [-0.2, 0) is 0 Å².